The highest BCUT2D eigenvalue weighted by Gasteiger charge is 2.05. The highest BCUT2D eigenvalue weighted by Crippen LogP contribution is 2.28. The van der Waals surface area contributed by atoms with Gasteiger partial charge in [-0.25, -0.2) is 0 Å². The standard InChI is InChI=1S/C13H7BrClNO/c14-10-1-4-12(5-2-10)17-13-6-3-11(15)7-9(13)8-16/h1-7H. The van der Waals surface area contributed by atoms with Gasteiger partial charge in [0.1, 0.15) is 17.6 Å². The van der Waals surface area contributed by atoms with Crippen LogP contribution in [-0.4, -0.2) is 0 Å². The van der Waals surface area contributed by atoms with Crippen molar-refractivity contribution in [3.63, 3.8) is 0 Å². The Labute approximate surface area is 113 Å². The van der Waals surface area contributed by atoms with Gasteiger partial charge in [0, 0.05) is 9.50 Å². The molecule has 2 aromatic carbocycles. The summed E-state index contributed by atoms with van der Waals surface area (Å²) in [5.74, 6) is 1.17. The maximum absolute atomic E-state index is 8.97. The van der Waals surface area contributed by atoms with E-state index in [0.717, 1.165) is 4.47 Å². The number of benzene rings is 2. The Bertz CT molecular complexity index is 575. The van der Waals surface area contributed by atoms with Crippen molar-refractivity contribution in [1.82, 2.24) is 0 Å². The van der Waals surface area contributed by atoms with Gasteiger partial charge in [0.15, 0.2) is 0 Å². The van der Waals surface area contributed by atoms with Crippen molar-refractivity contribution in [3.05, 3.63) is 57.5 Å². The zero-order valence-electron chi connectivity index (χ0n) is 8.65. The molecule has 0 N–H and O–H groups in total. The molecule has 0 aromatic heterocycles. The minimum Gasteiger partial charge on any atom is -0.456 e. The second kappa shape index (κ2) is 5.22. The summed E-state index contributed by atoms with van der Waals surface area (Å²) < 4.78 is 6.58. The molecule has 17 heavy (non-hydrogen) atoms. The predicted octanol–water partition coefficient (Wildman–Crippen LogP) is 4.77. The molecule has 0 unspecified atom stereocenters. The van der Waals surface area contributed by atoms with Crippen LogP contribution in [-0.2, 0) is 0 Å². The molecule has 2 aromatic rings. The Morgan fingerprint density at radius 2 is 1.82 bits per heavy atom. The second-order valence-electron chi connectivity index (χ2n) is 3.31. The van der Waals surface area contributed by atoms with Crippen LogP contribution in [0.2, 0.25) is 5.02 Å². The van der Waals surface area contributed by atoms with E-state index in [4.69, 9.17) is 21.6 Å². The van der Waals surface area contributed by atoms with E-state index in [1.807, 2.05) is 30.3 Å². The lowest BCUT2D eigenvalue weighted by molar-refractivity contribution is 0.481. The third kappa shape index (κ3) is 3.00. The molecule has 0 aliphatic carbocycles. The summed E-state index contributed by atoms with van der Waals surface area (Å²) in [6.07, 6.45) is 0. The van der Waals surface area contributed by atoms with Crippen LogP contribution in [0.15, 0.2) is 46.9 Å². The number of rotatable bonds is 2. The van der Waals surface area contributed by atoms with Crippen molar-refractivity contribution in [2.45, 2.75) is 0 Å². The average Bonchev–Trinajstić information content (AvgIpc) is 2.34. The summed E-state index contributed by atoms with van der Waals surface area (Å²) in [6, 6.07) is 14.4. The largest absolute Gasteiger partial charge is 0.456 e. The summed E-state index contributed by atoms with van der Waals surface area (Å²) >= 11 is 9.15. The van der Waals surface area contributed by atoms with Crippen molar-refractivity contribution >= 4 is 27.5 Å². The Kier molecular flexibility index (Phi) is 3.68. The molecule has 0 bridgehead atoms. The molecule has 0 radical (unpaired) electrons. The summed E-state index contributed by atoms with van der Waals surface area (Å²) in [4.78, 5) is 0. The number of nitrogens with zero attached hydrogens (tertiary/aromatic N) is 1. The molecule has 0 fully saturated rings. The quantitative estimate of drug-likeness (QED) is 0.801. The maximum Gasteiger partial charge on any atom is 0.145 e. The van der Waals surface area contributed by atoms with Gasteiger partial charge in [-0.2, -0.15) is 5.26 Å². The molecule has 84 valence electrons. The Hall–Kier alpha value is -1.50. The normalized spacial score (nSPS) is 9.71. The van der Waals surface area contributed by atoms with Crippen LogP contribution in [0.1, 0.15) is 5.56 Å². The van der Waals surface area contributed by atoms with Gasteiger partial charge in [0.25, 0.3) is 0 Å². The maximum atomic E-state index is 8.97. The van der Waals surface area contributed by atoms with Gasteiger partial charge in [-0.05, 0) is 42.5 Å². The fraction of sp³-hybridized carbons (Fsp3) is 0. The van der Waals surface area contributed by atoms with Crippen LogP contribution in [0.25, 0.3) is 0 Å². The lowest BCUT2D eigenvalue weighted by Crippen LogP contribution is -1.87. The Morgan fingerprint density at radius 3 is 2.47 bits per heavy atom. The summed E-state index contributed by atoms with van der Waals surface area (Å²) in [5.41, 5.74) is 0.417. The molecular formula is C13H7BrClNO. The van der Waals surface area contributed by atoms with Crippen LogP contribution in [0.4, 0.5) is 0 Å². The molecular weight excluding hydrogens is 302 g/mol. The molecule has 0 saturated carbocycles. The van der Waals surface area contributed by atoms with E-state index in [-0.39, 0.29) is 0 Å². The number of ether oxygens (including phenoxy) is 1. The van der Waals surface area contributed by atoms with Gasteiger partial charge in [0.2, 0.25) is 0 Å². The van der Waals surface area contributed by atoms with E-state index < -0.39 is 0 Å². The summed E-state index contributed by atoms with van der Waals surface area (Å²) in [6.45, 7) is 0. The van der Waals surface area contributed by atoms with Crippen molar-refractivity contribution in [3.8, 4) is 17.6 Å². The molecule has 2 rings (SSSR count). The van der Waals surface area contributed by atoms with E-state index in [2.05, 4.69) is 15.9 Å². The minimum atomic E-state index is 0.417. The van der Waals surface area contributed by atoms with Crippen LogP contribution in [0.5, 0.6) is 11.5 Å². The van der Waals surface area contributed by atoms with Gasteiger partial charge < -0.3 is 4.74 Å². The van der Waals surface area contributed by atoms with Gasteiger partial charge >= 0.3 is 0 Å². The predicted molar refractivity (Wildman–Crippen MR) is 70.4 cm³/mol. The Morgan fingerprint density at radius 1 is 1.12 bits per heavy atom. The van der Waals surface area contributed by atoms with Crippen molar-refractivity contribution in [2.75, 3.05) is 0 Å². The van der Waals surface area contributed by atoms with Gasteiger partial charge in [-0.3, -0.25) is 0 Å². The molecule has 2 nitrogen and oxygen atoms in total. The van der Waals surface area contributed by atoms with Crippen molar-refractivity contribution in [2.24, 2.45) is 0 Å². The second-order valence-corrected chi connectivity index (χ2v) is 4.66. The average molecular weight is 309 g/mol. The third-order valence-corrected chi connectivity index (χ3v) is 2.87. The van der Waals surface area contributed by atoms with Crippen molar-refractivity contribution in [1.29, 1.82) is 5.26 Å². The number of halogens is 2. The molecule has 0 aliphatic rings. The monoisotopic (exact) mass is 307 g/mol. The smallest absolute Gasteiger partial charge is 0.145 e. The van der Waals surface area contributed by atoms with E-state index in [1.54, 1.807) is 18.2 Å². The van der Waals surface area contributed by atoms with Crippen molar-refractivity contribution < 1.29 is 4.74 Å². The minimum absolute atomic E-state index is 0.417. The number of hydrogen-bond acceptors (Lipinski definition) is 2. The zero-order chi connectivity index (χ0) is 12.3. The lowest BCUT2D eigenvalue weighted by Gasteiger charge is -2.07. The van der Waals surface area contributed by atoms with Crippen LogP contribution in [0.3, 0.4) is 0 Å². The van der Waals surface area contributed by atoms with Crippen LogP contribution >= 0.6 is 27.5 Å². The molecule has 0 amide bonds. The molecule has 0 spiro atoms. The number of nitriles is 1. The molecule has 0 aliphatic heterocycles. The molecule has 4 heteroatoms. The van der Waals surface area contributed by atoms with Crippen LogP contribution < -0.4 is 4.74 Å². The SMILES string of the molecule is N#Cc1cc(Cl)ccc1Oc1ccc(Br)cc1. The van der Waals surface area contributed by atoms with Gasteiger partial charge in [0.05, 0.1) is 5.56 Å². The topological polar surface area (TPSA) is 33.0 Å². The molecule has 0 heterocycles. The van der Waals surface area contributed by atoms with E-state index in [0.29, 0.717) is 22.1 Å². The van der Waals surface area contributed by atoms with Gasteiger partial charge in [-0.15, -0.1) is 0 Å². The third-order valence-electron chi connectivity index (χ3n) is 2.10. The van der Waals surface area contributed by atoms with E-state index in [9.17, 15) is 0 Å². The van der Waals surface area contributed by atoms with Gasteiger partial charge in [-0.1, -0.05) is 27.5 Å². The first-order valence-electron chi connectivity index (χ1n) is 4.82. The number of hydrogen-bond donors (Lipinski definition) is 0. The summed E-state index contributed by atoms with van der Waals surface area (Å²) in [5, 5.41) is 9.49. The fourth-order valence-electron chi connectivity index (χ4n) is 1.31. The van der Waals surface area contributed by atoms with Crippen LogP contribution in [0, 0.1) is 11.3 Å². The van der Waals surface area contributed by atoms with E-state index >= 15 is 0 Å². The molecule has 0 saturated heterocycles. The zero-order valence-corrected chi connectivity index (χ0v) is 11.0. The first-order chi connectivity index (χ1) is 8.19. The fourth-order valence-corrected chi connectivity index (χ4v) is 1.74. The summed E-state index contributed by atoms with van der Waals surface area (Å²) in [7, 11) is 0. The highest BCUT2D eigenvalue weighted by molar-refractivity contribution is 9.10. The Balaban J connectivity index is 2.30. The lowest BCUT2D eigenvalue weighted by atomic mass is 10.2. The highest BCUT2D eigenvalue weighted by atomic mass is 79.9. The molecule has 0 atom stereocenters. The first kappa shape index (κ1) is 12.0. The van der Waals surface area contributed by atoms with E-state index in [1.165, 1.54) is 0 Å². The first-order valence-corrected chi connectivity index (χ1v) is 5.99.